The Labute approximate surface area is 152 Å². The first kappa shape index (κ1) is 20.7. The molecule has 0 aromatic heterocycles. The molecule has 2 aromatic rings. The van der Waals surface area contributed by atoms with E-state index in [1.165, 1.54) is 18.2 Å². The van der Waals surface area contributed by atoms with E-state index in [2.05, 4.69) is 5.32 Å². The van der Waals surface area contributed by atoms with Gasteiger partial charge in [-0.25, -0.2) is 4.39 Å². The van der Waals surface area contributed by atoms with Gasteiger partial charge in [0.1, 0.15) is 18.2 Å². The van der Waals surface area contributed by atoms with E-state index in [4.69, 9.17) is 15.2 Å². The Balaban J connectivity index is 0.00000312. The van der Waals surface area contributed by atoms with Gasteiger partial charge in [-0.05, 0) is 30.2 Å². The number of methoxy groups -OCH3 is 1. The Morgan fingerprint density at radius 3 is 2.68 bits per heavy atom. The number of amides is 1. The molecule has 1 amide bonds. The van der Waals surface area contributed by atoms with Gasteiger partial charge in [-0.2, -0.15) is 0 Å². The van der Waals surface area contributed by atoms with E-state index in [0.29, 0.717) is 36.8 Å². The minimum absolute atomic E-state index is 0. The lowest BCUT2D eigenvalue weighted by Gasteiger charge is -2.13. The summed E-state index contributed by atoms with van der Waals surface area (Å²) in [5.41, 5.74) is 7.72. The van der Waals surface area contributed by atoms with Crippen LogP contribution in [-0.2, 0) is 16.0 Å². The van der Waals surface area contributed by atoms with Crippen molar-refractivity contribution in [2.24, 2.45) is 0 Å². The summed E-state index contributed by atoms with van der Waals surface area (Å²) in [6, 6.07) is 11.4. The first-order valence-electron chi connectivity index (χ1n) is 7.64. The molecule has 3 N–H and O–H groups in total. The van der Waals surface area contributed by atoms with Crippen LogP contribution in [0.1, 0.15) is 12.0 Å². The molecule has 0 bridgehead atoms. The van der Waals surface area contributed by atoms with Crippen LogP contribution in [0.25, 0.3) is 0 Å². The monoisotopic (exact) mass is 368 g/mol. The number of nitrogen functional groups attached to an aromatic ring is 1. The number of nitrogens with one attached hydrogen (secondary N) is 1. The van der Waals surface area contributed by atoms with Gasteiger partial charge >= 0.3 is 0 Å². The molecule has 0 unspecified atom stereocenters. The molecule has 136 valence electrons. The fraction of sp³-hybridized carbons (Fsp3) is 0.278. The predicted molar refractivity (Wildman–Crippen MR) is 98.8 cm³/mol. The summed E-state index contributed by atoms with van der Waals surface area (Å²) in [6.07, 6.45) is 0.746. The van der Waals surface area contributed by atoms with E-state index >= 15 is 0 Å². The molecule has 0 saturated heterocycles. The van der Waals surface area contributed by atoms with Crippen molar-refractivity contribution in [2.75, 3.05) is 31.4 Å². The predicted octanol–water partition coefficient (Wildman–Crippen LogP) is 3.43. The van der Waals surface area contributed by atoms with Crippen LogP contribution >= 0.6 is 12.4 Å². The van der Waals surface area contributed by atoms with Gasteiger partial charge in [0, 0.05) is 25.3 Å². The summed E-state index contributed by atoms with van der Waals surface area (Å²) >= 11 is 0. The number of hydrogen-bond acceptors (Lipinski definition) is 4. The second-order valence-electron chi connectivity index (χ2n) is 5.23. The van der Waals surface area contributed by atoms with E-state index in [1.54, 1.807) is 13.2 Å². The number of hydrogen-bond donors (Lipinski definition) is 2. The number of aryl methyl sites for hydroxylation is 1. The smallest absolute Gasteiger partial charge is 0.224 e. The van der Waals surface area contributed by atoms with Crippen molar-refractivity contribution in [1.82, 2.24) is 0 Å². The van der Waals surface area contributed by atoms with Crippen LogP contribution in [0.2, 0.25) is 0 Å². The number of carbonyl (C=O) groups is 1. The Hall–Kier alpha value is -2.31. The molecule has 2 rings (SSSR count). The highest BCUT2D eigenvalue weighted by Gasteiger charge is 2.10. The molecule has 2 aromatic carbocycles. The highest BCUT2D eigenvalue weighted by Crippen LogP contribution is 2.25. The molecule has 0 fully saturated rings. The average Bonchev–Trinajstić information content (AvgIpc) is 2.56. The molecule has 0 saturated carbocycles. The molecular weight excluding hydrogens is 347 g/mol. The molecule has 7 heteroatoms. The van der Waals surface area contributed by atoms with Crippen molar-refractivity contribution >= 4 is 29.7 Å². The topological polar surface area (TPSA) is 73.6 Å². The lowest BCUT2D eigenvalue weighted by Crippen LogP contribution is -2.14. The van der Waals surface area contributed by atoms with Crippen molar-refractivity contribution in [1.29, 1.82) is 0 Å². The number of ether oxygens (including phenoxy) is 2. The van der Waals surface area contributed by atoms with Crippen LogP contribution < -0.4 is 15.8 Å². The van der Waals surface area contributed by atoms with Crippen LogP contribution in [0.3, 0.4) is 0 Å². The van der Waals surface area contributed by atoms with Crippen molar-refractivity contribution < 1.29 is 18.7 Å². The minimum Gasteiger partial charge on any atom is -0.489 e. The normalized spacial score (nSPS) is 10.0. The fourth-order valence-electron chi connectivity index (χ4n) is 2.18. The minimum atomic E-state index is -0.448. The number of benzene rings is 2. The first-order chi connectivity index (χ1) is 11.6. The van der Waals surface area contributed by atoms with Crippen LogP contribution in [-0.4, -0.2) is 26.2 Å². The zero-order valence-electron chi connectivity index (χ0n) is 14.0. The SMILES string of the molecule is COCCOc1ccc(F)cc1NC(=O)CCc1ccccc1N.Cl. The van der Waals surface area contributed by atoms with Crippen LogP contribution in [0.4, 0.5) is 15.8 Å². The van der Waals surface area contributed by atoms with E-state index in [0.717, 1.165) is 5.56 Å². The lowest BCUT2D eigenvalue weighted by molar-refractivity contribution is -0.116. The number of halogens is 2. The Morgan fingerprint density at radius 2 is 1.96 bits per heavy atom. The third-order valence-electron chi connectivity index (χ3n) is 3.44. The summed E-state index contributed by atoms with van der Waals surface area (Å²) in [5.74, 6) is -0.279. The number of anilines is 2. The van der Waals surface area contributed by atoms with E-state index in [9.17, 15) is 9.18 Å². The Bertz CT molecular complexity index is 698. The van der Waals surface area contributed by atoms with Crippen molar-refractivity contribution in [3.05, 3.63) is 53.8 Å². The molecular formula is C18H22ClFN2O3. The number of nitrogens with two attached hydrogens (primary N) is 1. The summed E-state index contributed by atoms with van der Waals surface area (Å²) in [7, 11) is 1.56. The number of rotatable bonds is 8. The van der Waals surface area contributed by atoms with Crippen molar-refractivity contribution in [3.63, 3.8) is 0 Å². The maximum Gasteiger partial charge on any atom is 0.224 e. The van der Waals surface area contributed by atoms with Gasteiger partial charge in [-0.1, -0.05) is 18.2 Å². The molecule has 0 aliphatic heterocycles. The molecule has 0 heterocycles. The highest BCUT2D eigenvalue weighted by molar-refractivity contribution is 5.92. The van der Waals surface area contributed by atoms with E-state index in [1.807, 2.05) is 18.2 Å². The van der Waals surface area contributed by atoms with Crippen LogP contribution in [0, 0.1) is 5.82 Å². The molecule has 0 radical (unpaired) electrons. The molecule has 5 nitrogen and oxygen atoms in total. The van der Waals surface area contributed by atoms with Crippen molar-refractivity contribution in [2.45, 2.75) is 12.8 Å². The third-order valence-corrected chi connectivity index (χ3v) is 3.44. The second kappa shape index (κ2) is 10.5. The maximum absolute atomic E-state index is 13.4. The standard InChI is InChI=1S/C18H21FN2O3.ClH/c1-23-10-11-24-17-8-7-14(19)12-16(17)21-18(22)9-6-13-4-2-3-5-15(13)20;/h2-5,7-8,12H,6,9-11,20H2,1H3,(H,21,22);1H. The third kappa shape index (κ3) is 6.60. The lowest BCUT2D eigenvalue weighted by atomic mass is 10.1. The van der Waals surface area contributed by atoms with Crippen molar-refractivity contribution in [3.8, 4) is 5.75 Å². The number of carbonyl (C=O) groups excluding carboxylic acids is 1. The Morgan fingerprint density at radius 1 is 1.20 bits per heavy atom. The molecule has 0 spiro atoms. The van der Waals surface area contributed by atoms with E-state index in [-0.39, 0.29) is 24.7 Å². The van der Waals surface area contributed by atoms with Gasteiger partial charge in [0.25, 0.3) is 0 Å². The average molecular weight is 369 g/mol. The molecule has 0 aliphatic rings. The van der Waals surface area contributed by atoms with Gasteiger partial charge < -0.3 is 20.5 Å². The quantitative estimate of drug-likeness (QED) is 0.553. The van der Waals surface area contributed by atoms with Gasteiger partial charge in [-0.15, -0.1) is 12.4 Å². The summed E-state index contributed by atoms with van der Waals surface area (Å²) in [4.78, 5) is 12.1. The zero-order chi connectivity index (χ0) is 17.4. The van der Waals surface area contributed by atoms with Crippen LogP contribution in [0.15, 0.2) is 42.5 Å². The summed E-state index contributed by atoms with van der Waals surface area (Å²) in [6.45, 7) is 0.712. The summed E-state index contributed by atoms with van der Waals surface area (Å²) in [5, 5.41) is 2.68. The van der Waals surface area contributed by atoms with Crippen LogP contribution in [0.5, 0.6) is 5.75 Å². The number of para-hydroxylation sites is 1. The Kier molecular flexibility index (Phi) is 8.74. The fourth-order valence-corrected chi connectivity index (χ4v) is 2.18. The van der Waals surface area contributed by atoms with Gasteiger partial charge in [0.15, 0.2) is 0 Å². The summed E-state index contributed by atoms with van der Waals surface area (Å²) < 4.78 is 23.8. The van der Waals surface area contributed by atoms with E-state index < -0.39 is 5.82 Å². The van der Waals surface area contributed by atoms with Gasteiger partial charge in [-0.3, -0.25) is 4.79 Å². The molecule has 25 heavy (non-hydrogen) atoms. The highest BCUT2D eigenvalue weighted by atomic mass is 35.5. The molecule has 0 aliphatic carbocycles. The first-order valence-corrected chi connectivity index (χ1v) is 7.64. The second-order valence-corrected chi connectivity index (χ2v) is 5.23. The largest absolute Gasteiger partial charge is 0.489 e. The van der Waals surface area contributed by atoms with Gasteiger partial charge in [0.2, 0.25) is 5.91 Å². The molecule has 0 atom stereocenters. The van der Waals surface area contributed by atoms with Gasteiger partial charge in [0.05, 0.1) is 12.3 Å². The maximum atomic E-state index is 13.4. The zero-order valence-corrected chi connectivity index (χ0v) is 14.8.